The van der Waals surface area contributed by atoms with E-state index < -0.39 is 8.38 Å². The van der Waals surface area contributed by atoms with Gasteiger partial charge in [-0.3, -0.25) is 0 Å². The molecule has 0 saturated carbocycles. The third kappa shape index (κ3) is 4.66. The molecule has 0 fully saturated rings. The normalized spacial score (nSPS) is 12.1. The van der Waals surface area contributed by atoms with Gasteiger partial charge >= 0.3 is 0 Å². The Kier molecular flexibility index (Phi) is 5.38. The van der Waals surface area contributed by atoms with Crippen LogP contribution in [0.25, 0.3) is 0 Å². The molecule has 2 aromatic carbocycles. The van der Waals surface area contributed by atoms with Crippen LogP contribution in [0.2, 0.25) is 0 Å². The van der Waals surface area contributed by atoms with Crippen LogP contribution in [-0.4, -0.2) is 6.61 Å². The van der Waals surface area contributed by atoms with Crippen LogP contribution in [0.15, 0.2) is 54.6 Å². The summed E-state index contributed by atoms with van der Waals surface area (Å²) >= 11 is 0. The summed E-state index contributed by atoms with van der Waals surface area (Å²) in [5.74, 6) is 0.876. The smallest absolute Gasteiger partial charge is 0.234 e. The van der Waals surface area contributed by atoms with Gasteiger partial charge in [0, 0.05) is 0 Å². The van der Waals surface area contributed by atoms with Crippen LogP contribution in [0.4, 0.5) is 0 Å². The fourth-order valence-electron chi connectivity index (χ4n) is 1.70. The van der Waals surface area contributed by atoms with Crippen molar-refractivity contribution in [2.75, 3.05) is 6.61 Å². The van der Waals surface area contributed by atoms with Gasteiger partial charge < -0.3 is 9.05 Å². The summed E-state index contributed by atoms with van der Waals surface area (Å²) in [7, 11) is -0.923. The highest BCUT2D eigenvalue weighted by molar-refractivity contribution is 7.46. The number of benzene rings is 2. The SMILES string of the molecule is CCOP(Cc1ccccc1)Oc1ccc(C)cc1. The summed E-state index contributed by atoms with van der Waals surface area (Å²) in [6.45, 7) is 4.74. The molecule has 0 saturated heterocycles. The lowest BCUT2D eigenvalue weighted by molar-refractivity contribution is 0.333. The van der Waals surface area contributed by atoms with Crippen LogP contribution in [0, 0.1) is 6.92 Å². The highest BCUT2D eigenvalue weighted by atomic mass is 31.2. The minimum Gasteiger partial charge on any atom is -0.447 e. The van der Waals surface area contributed by atoms with Crippen molar-refractivity contribution < 1.29 is 9.05 Å². The van der Waals surface area contributed by atoms with E-state index in [9.17, 15) is 0 Å². The maximum atomic E-state index is 5.96. The van der Waals surface area contributed by atoms with Crippen molar-refractivity contribution in [3.05, 3.63) is 65.7 Å². The van der Waals surface area contributed by atoms with Gasteiger partial charge in [0.15, 0.2) is 0 Å². The predicted molar refractivity (Wildman–Crippen MR) is 80.5 cm³/mol. The van der Waals surface area contributed by atoms with Gasteiger partial charge in [-0.05, 0) is 31.5 Å². The molecule has 1 unspecified atom stereocenters. The molecular weight excluding hydrogens is 255 g/mol. The summed E-state index contributed by atoms with van der Waals surface area (Å²) < 4.78 is 11.7. The van der Waals surface area contributed by atoms with Crippen LogP contribution >= 0.6 is 8.38 Å². The zero-order valence-corrected chi connectivity index (χ0v) is 12.3. The van der Waals surface area contributed by atoms with Crippen LogP contribution in [0.5, 0.6) is 5.75 Å². The first-order valence-corrected chi connectivity index (χ1v) is 7.83. The van der Waals surface area contributed by atoms with Gasteiger partial charge in [0.25, 0.3) is 0 Å². The van der Waals surface area contributed by atoms with E-state index >= 15 is 0 Å². The van der Waals surface area contributed by atoms with Crippen LogP contribution in [0.1, 0.15) is 18.1 Å². The van der Waals surface area contributed by atoms with Crippen molar-refractivity contribution in [1.29, 1.82) is 0 Å². The third-order valence-electron chi connectivity index (χ3n) is 2.66. The standard InChI is InChI=1S/C16H19O2P/c1-3-17-19(13-15-7-5-4-6-8-15)18-16-11-9-14(2)10-12-16/h4-12H,3,13H2,1-2H3. The van der Waals surface area contributed by atoms with E-state index in [2.05, 4.69) is 31.2 Å². The number of hydrogen-bond donors (Lipinski definition) is 0. The molecule has 0 N–H and O–H groups in total. The largest absolute Gasteiger partial charge is 0.447 e. The zero-order chi connectivity index (χ0) is 13.5. The van der Waals surface area contributed by atoms with Gasteiger partial charge in [-0.25, -0.2) is 0 Å². The topological polar surface area (TPSA) is 18.5 Å². The quantitative estimate of drug-likeness (QED) is 0.696. The molecule has 0 aromatic heterocycles. The number of rotatable bonds is 6. The fraction of sp³-hybridized carbons (Fsp3) is 0.250. The molecule has 1 atom stereocenters. The zero-order valence-electron chi connectivity index (χ0n) is 11.4. The molecule has 0 aliphatic carbocycles. The van der Waals surface area contributed by atoms with Gasteiger partial charge in [-0.15, -0.1) is 0 Å². The average molecular weight is 274 g/mol. The number of hydrogen-bond acceptors (Lipinski definition) is 2. The molecule has 19 heavy (non-hydrogen) atoms. The van der Waals surface area contributed by atoms with E-state index in [1.54, 1.807) is 0 Å². The van der Waals surface area contributed by atoms with Crippen molar-refractivity contribution in [2.45, 2.75) is 20.0 Å². The molecule has 0 aliphatic heterocycles. The summed E-state index contributed by atoms with van der Waals surface area (Å²) in [6, 6.07) is 18.4. The van der Waals surface area contributed by atoms with Crippen molar-refractivity contribution in [3.8, 4) is 5.75 Å². The lowest BCUT2D eigenvalue weighted by atomic mass is 10.2. The molecule has 3 heteroatoms. The predicted octanol–water partition coefficient (Wildman–Crippen LogP) is 4.92. The molecular formula is C16H19O2P. The second-order valence-electron chi connectivity index (χ2n) is 4.30. The molecule has 0 amide bonds. The molecule has 2 aromatic rings. The van der Waals surface area contributed by atoms with Gasteiger partial charge in [0.1, 0.15) is 5.75 Å². The first-order valence-electron chi connectivity index (χ1n) is 6.47. The highest BCUT2D eigenvalue weighted by Crippen LogP contribution is 2.42. The summed E-state index contributed by atoms with van der Waals surface area (Å²) in [5, 5.41) is 0. The molecule has 2 rings (SSSR count). The van der Waals surface area contributed by atoms with Crippen LogP contribution in [-0.2, 0) is 10.7 Å². The van der Waals surface area contributed by atoms with E-state index in [4.69, 9.17) is 9.05 Å². The fourth-order valence-corrected chi connectivity index (χ4v) is 3.06. The van der Waals surface area contributed by atoms with Gasteiger partial charge in [0.2, 0.25) is 8.38 Å². The van der Waals surface area contributed by atoms with Gasteiger partial charge in [-0.2, -0.15) is 0 Å². The highest BCUT2D eigenvalue weighted by Gasteiger charge is 2.12. The van der Waals surface area contributed by atoms with Crippen molar-refractivity contribution in [1.82, 2.24) is 0 Å². The molecule has 0 spiro atoms. The Morgan fingerprint density at radius 3 is 2.26 bits per heavy atom. The van der Waals surface area contributed by atoms with E-state index in [1.165, 1.54) is 11.1 Å². The average Bonchev–Trinajstić information content (AvgIpc) is 2.43. The molecule has 2 nitrogen and oxygen atoms in total. The van der Waals surface area contributed by atoms with Crippen molar-refractivity contribution >= 4 is 8.38 Å². The second kappa shape index (κ2) is 7.28. The molecule has 100 valence electrons. The first kappa shape index (κ1) is 14.0. The van der Waals surface area contributed by atoms with E-state index in [0.717, 1.165) is 11.9 Å². The maximum absolute atomic E-state index is 5.96. The van der Waals surface area contributed by atoms with Gasteiger partial charge in [-0.1, -0.05) is 48.0 Å². The monoisotopic (exact) mass is 274 g/mol. The molecule has 0 heterocycles. The molecule has 0 bridgehead atoms. The van der Waals surface area contributed by atoms with Gasteiger partial charge in [0.05, 0.1) is 12.8 Å². The third-order valence-corrected chi connectivity index (χ3v) is 4.24. The molecule has 0 radical (unpaired) electrons. The Hall–Kier alpha value is -1.37. The lowest BCUT2D eigenvalue weighted by Crippen LogP contribution is -1.96. The van der Waals surface area contributed by atoms with E-state index in [0.29, 0.717) is 6.61 Å². The van der Waals surface area contributed by atoms with Crippen molar-refractivity contribution in [3.63, 3.8) is 0 Å². The number of aryl methyl sites for hydroxylation is 1. The summed E-state index contributed by atoms with van der Waals surface area (Å²) in [5.41, 5.74) is 2.48. The summed E-state index contributed by atoms with van der Waals surface area (Å²) in [6.07, 6.45) is 0.817. The Balaban J connectivity index is 2.01. The molecule has 0 aliphatic rings. The summed E-state index contributed by atoms with van der Waals surface area (Å²) in [4.78, 5) is 0. The minimum absolute atomic E-state index is 0.671. The van der Waals surface area contributed by atoms with E-state index in [-0.39, 0.29) is 0 Å². The second-order valence-corrected chi connectivity index (χ2v) is 5.72. The Morgan fingerprint density at radius 2 is 1.63 bits per heavy atom. The van der Waals surface area contributed by atoms with Crippen LogP contribution < -0.4 is 4.52 Å². The van der Waals surface area contributed by atoms with Crippen LogP contribution in [0.3, 0.4) is 0 Å². The Morgan fingerprint density at radius 1 is 0.947 bits per heavy atom. The van der Waals surface area contributed by atoms with E-state index in [1.807, 2.05) is 37.3 Å². The lowest BCUT2D eigenvalue weighted by Gasteiger charge is -2.17. The first-order chi connectivity index (χ1) is 9.28. The Labute approximate surface area is 116 Å². The minimum atomic E-state index is -0.923. The Bertz CT molecular complexity index is 482. The maximum Gasteiger partial charge on any atom is 0.234 e. The van der Waals surface area contributed by atoms with Crippen molar-refractivity contribution in [2.24, 2.45) is 0 Å².